The fraction of sp³-hybridized carbons (Fsp3) is 0.451. The molecule has 17 heteroatoms. The summed E-state index contributed by atoms with van der Waals surface area (Å²) in [5.74, 6) is 1.78. The monoisotopic (exact) mass is 1050 g/mol. The van der Waals surface area contributed by atoms with E-state index in [2.05, 4.69) is 57.1 Å². The van der Waals surface area contributed by atoms with E-state index in [1.807, 2.05) is 53.5 Å². The largest absolute Gasteiger partial charge is 0.414 e. The Labute approximate surface area is 414 Å². The van der Waals surface area contributed by atoms with E-state index in [0.717, 1.165) is 134 Å². The maximum atomic E-state index is 12.6. The Morgan fingerprint density at radius 3 is 1.03 bits per heavy atom. The molecule has 4 aliphatic rings. The maximum Gasteiger partial charge on any atom is 0.414 e. The predicted octanol–water partition coefficient (Wildman–Crippen LogP) is 9.48. The Balaban J connectivity index is 0.000000216. The van der Waals surface area contributed by atoms with Crippen molar-refractivity contribution >= 4 is 69.7 Å². The molecule has 366 valence electrons. The SMILES string of the molecule is CI.CN(C)C(=O)Oc1ccc2c(c1-c1c(OC(=O)N(C)C)ccc3c1N(C)CCC3)N(C)CCC2.CN(C)C(=O)Oc1ccc2c(c1-c1c(OC(=O)N(C)C)ccc3c1NCCC3)NCCC2. The van der Waals surface area contributed by atoms with Gasteiger partial charge in [-0.25, -0.2) is 19.2 Å². The number of hydrogen-bond donors (Lipinski definition) is 2. The number of carbonyl (C=O) groups excluding carboxylic acids is 4. The topological polar surface area (TPSA) is 149 Å². The van der Waals surface area contributed by atoms with Crippen LogP contribution in [0.1, 0.15) is 47.9 Å². The van der Waals surface area contributed by atoms with Crippen LogP contribution in [-0.4, -0.2) is 146 Å². The lowest BCUT2D eigenvalue weighted by Crippen LogP contribution is -2.30. The van der Waals surface area contributed by atoms with Gasteiger partial charge in [-0.1, -0.05) is 46.9 Å². The van der Waals surface area contributed by atoms with Gasteiger partial charge in [-0.15, -0.1) is 0 Å². The molecule has 16 nitrogen and oxygen atoms in total. The zero-order chi connectivity index (χ0) is 49.4. The number of halogens is 1. The average molecular weight is 1050 g/mol. The Bertz CT molecular complexity index is 2340. The molecular weight excluding hydrogens is 980 g/mol. The first kappa shape index (κ1) is 51.3. The first-order valence-corrected chi connectivity index (χ1v) is 25.2. The molecule has 68 heavy (non-hydrogen) atoms. The molecule has 4 aromatic rings. The number of alkyl halides is 1. The van der Waals surface area contributed by atoms with Crippen molar-refractivity contribution in [3.05, 3.63) is 70.8 Å². The second kappa shape index (κ2) is 22.8. The van der Waals surface area contributed by atoms with Crippen LogP contribution in [0.4, 0.5) is 41.9 Å². The summed E-state index contributed by atoms with van der Waals surface area (Å²) >= 11 is 2.15. The lowest BCUT2D eigenvalue weighted by Gasteiger charge is -2.35. The van der Waals surface area contributed by atoms with Crippen molar-refractivity contribution in [2.45, 2.75) is 51.4 Å². The van der Waals surface area contributed by atoms with E-state index in [1.165, 1.54) is 30.7 Å². The molecular formula is C51H67IN8O8. The molecule has 4 aromatic carbocycles. The predicted molar refractivity (Wildman–Crippen MR) is 279 cm³/mol. The van der Waals surface area contributed by atoms with Gasteiger partial charge in [0.15, 0.2) is 0 Å². The summed E-state index contributed by atoms with van der Waals surface area (Å²) in [5.41, 5.74) is 11.6. The normalized spacial score (nSPS) is 14.2. The molecule has 8 rings (SSSR count). The molecule has 0 spiro atoms. The minimum Gasteiger partial charge on any atom is -0.409 e. The second-order valence-corrected chi connectivity index (χ2v) is 18.0. The number of aryl methyl sites for hydroxylation is 4. The van der Waals surface area contributed by atoms with Crippen LogP contribution in [0.25, 0.3) is 22.3 Å². The molecule has 4 heterocycles. The minimum atomic E-state index is -0.466. The standard InChI is InChI=1S/C26H34N4O4.C24H30N4O4.CH3I/c1-27(2)25(31)33-19-13-11-17-9-7-15-29(5)23(17)21(19)22-20(34-26(32)28(3)4)14-12-18-10-8-16-30(6)24(18)22;1-27(2)23(29)31-17-11-9-15-7-5-13-25-21(15)19(17)20-18(32-24(30)28(3)4)12-10-16-8-6-14-26-22(16)20;1-2/h11-14H,7-10,15-16H2,1-6H3;9-12,25-26H,5-8,13-14H2,1-4H3;1H3. The summed E-state index contributed by atoms with van der Waals surface area (Å²) in [4.78, 5) is 62.2. The van der Waals surface area contributed by atoms with Gasteiger partial charge in [-0.05, 0) is 103 Å². The van der Waals surface area contributed by atoms with Gasteiger partial charge in [0.05, 0.1) is 33.6 Å². The summed E-state index contributed by atoms with van der Waals surface area (Å²) in [6.07, 6.45) is 6.03. The molecule has 0 aliphatic carbocycles. The molecule has 0 atom stereocenters. The number of benzene rings is 4. The first-order valence-electron chi connectivity index (χ1n) is 23.0. The van der Waals surface area contributed by atoms with E-state index in [-0.39, 0.29) is 0 Å². The summed E-state index contributed by atoms with van der Waals surface area (Å²) in [6.45, 7) is 3.42. The maximum absolute atomic E-state index is 12.6. The van der Waals surface area contributed by atoms with Crippen molar-refractivity contribution in [3.8, 4) is 45.3 Å². The van der Waals surface area contributed by atoms with Crippen molar-refractivity contribution < 1.29 is 38.1 Å². The number of ether oxygens (including phenoxy) is 4. The number of hydrogen-bond acceptors (Lipinski definition) is 12. The molecule has 2 N–H and O–H groups in total. The third-order valence-electron chi connectivity index (χ3n) is 12.2. The molecule has 0 radical (unpaired) electrons. The Morgan fingerprint density at radius 1 is 0.441 bits per heavy atom. The second-order valence-electron chi connectivity index (χ2n) is 18.0. The average Bonchev–Trinajstić information content (AvgIpc) is 3.32. The van der Waals surface area contributed by atoms with E-state index < -0.39 is 24.4 Å². The van der Waals surface area contributed by atoms with Gasteiger partial charge in [-0.3, -0.25) is 0 Å². The molecule has 4 amide bonds. The van der Waals surface area contributed by atoms with Gasteiger partial charge in [0.25, 0.3) is 0 Å². The smallest absolute Gasteiger partial charge is 0.409 e. The number of amides is 4. The quantitative estimate of drug-likeness (QED) is 0.140. The highest BCUT2D eigenvalue weighted by atomic mass is 127. The van der Waals surface area contributed by atoms with Gasteiger partial charge < -0.3 is 59.0 Å². The highest BCUT2D eigenvalue weighted by Gasteiger charge is 2.33. The van der Waals surface area contributed by atoms with Crippen molar-refractivity contribution in [1.82, 2.24) is 19.6 Å². The third-order valence-corrected chi connectivity index (χ3v) is 12.2. The van der Waals surface area contributed by atoms with Crippen molar-refractivity contribution in [1.29, 1.82) is 0 Å². The van der Waals surface area contributed by atoms with E-state index in [0.29, 0.717) is 23.0 Å². The van der Waals surface area contributed by atoms with Crippen LogP contribution in [0.2, 0.25) is 0 Å². The summed E-state index contributed by atoms with van der Waals surface area (Å²) < 4.78 is 23.4. The van der Waals surface area contributed by atoms with Crippen molar-refractivity contribution in [2.24, 2.45) is 0 Å². The Hall–Kier alpha value is -6.11. The van der Waals surface area contributed by atoms with Crippen LogP contribution in [0.5, 0.6) is 23.0 Å². The summed E-state index contributed by atoms with van der Waals surface area (Å²) in [6, 6.07) is 15.5. The molecule has 0 saturated heterocycles. The van der Waals surface area contributed by atoms with E-state index in [1.54, 1.807) is 56.4 Å². The van der Waals surface area contributed by atoms with Crippen LogP contribution in [-0.2, 0) is 25.7 Å². The van der Waals surface area contributed by atoms with Gasteiger partial charge in [0, 0.05) is 108 Å². The molecule has 0 unspecified atom stereocenters. The number of carbonyl (C=O) groups is 4. The van der Waals surface area contributed by atoms with Gasteiger partial charge in [-0.2, -0.15) is 0 Å². The fourth-order valence-electron chi connectivity index (χ4n) is 8.86. The van der Waals surface area contributed by atoms with E-state index >= 15 is 0 Å². The number of nitrogens with one attached hydrogen (secondary N) is 2. The van der Waals surface area contributed by atoms with Crippen LogP contribution in [0, 0.1) is 0 Å². The number of nitrogens with zero attached hydrogens (tertiary/aromatic N) is 6. The molecule has 0 fully saturated rings. The van der Waals surface area contributed by atoms with Crippen LogP contribution in [0.3, 0.4) is 0 Å². The van der Waals surface area contributed by atoms with Crippen molar-refractivity contribution in [2.75, 3.05) is 122 Å². The summed E-state index contributed by atoms with van der Waals surface area (Å²) in [5, 5.41) is 7.00. The Morgan fingerprint density at radius 2 is 0.721 bits per heavy atom. The molecule has 4 aliphatic heterocycles. The molecule has 0 saturated carbocycles. The third kappa shape index (κ3) is 11.2. The highest BCUT2D eigenvalue weighted by Crippen LogP contribution is 2.53. The fourth-order valence-corrected chi connectivity index (χ4v) is 8.86. The van der Waals surface area contributed by atoms with Gasteiger partial charge in [0.2, 0.25) is 0 Å². The molecule has 0 aromatic heterocycles. The first-order chi connectivity index (χ1) is 32.5. The zero-order valence-corrected chi connectivity index (χ0v) is 43.6. The number of rotatable bonds is 6. The summed E-state index contributed by atoms with van der Waals surface area (Å²) in [7, 11) is 17.4. The van der Waals surface area contributed by atoms with Gasteiger partial charge >= 0.3 is 24.4 Å². The van der Waals surface area contributed by atoms with Gasteiger partial charge in [0.1, 0.15) is 23.0 Å². The Kier molecular flexibility index (Phi) is 17.2. The lowest BCUT2D eigenvalue weighted by molar-refractivity contribution is 0.170. The lowest BCUT2D eigenvalue weighted by atomic mass is 9.88. The highest BCUT2D eigenvalue weighted by molar-refractivity contribution is 14.1. The van der Waals surface area contributed by atoms with Crippen LogP contribution >= 0.6 is 22.6 Å². The van der Waals surface area contributed by atoms with E-state index in [9.17, 15) is 19.2 Å². The number of anilines is 4. The number of fused-ring (bicyclic) bond motifs is 4. The minimum absolute atomic E-state index is 0.430. The van der Waals surface area contributed by atoms with E-state index in [4.69, 9.17) is 18.9 Å². The van der Waals surface area contributed by atoms with Crippen LogP contribution < -0.4 is 39.4 Å². The zero-order valence-electron chi connectivity index (χ0n) is 41.4. The molecule has 0 bridgehead atoms. The van der Waals surface area contributed by atoms with Crippen molar-refractivity contribution in [3.63, 3.8) is 0 Å². The van der Waals surface area contributed by atoms with Crippen LogP contribution in [0.15, 0.2) is 48.5 Å².